The van der Waals surface area contributed by atoms with Crippen molar-refractivity contribution in [1.29, 1.82) is 0 Å². The lowest BCUT2D eigenvalue weighted by atomic mass is 9.89. The van der Waals surface area contributed by atoms with Gasteiger partial charge in [0.05, 0.1) is 29.4 Å². The summed E-state index contributed by atoms with van der Waals surface area (Å²) >= 11 is 0. The first-order valence-electron chi connectivity index (χ1n) is 12.1. The van der Waals surface area contributed by atoms with Gasteiger partial charge in [-0.05, 0) is 62.4 Å². The molecule has 9 heteroatoms. The lowest BCUT2D eigenvalue weighted by Crippen LogP contribution is -2.49. The van der Waals surface area contributed by atoms with Gasteiger partial charge in [0.25, 0.3) is 0 Å². The van der Waals surface area contributed by atoms with E-state index in [0.29, 0.717) is 50.9 Å². The standard InChI is InChI=1S/C26H31FN2O5S/c1-2-34-26(31)20-14-16-28(17-15-20)25(30)21-10-13-24(19-8-11-22(27)12-9-19)29(18-21)35(32,33)23-6-4-3-5-7-23/h3-9,11-12,20-21,24H,2,10,13-18H2,1H3. The number of hydrogen-bond acceptors (Lipinski definition) is 5. The number of carbonyl (C=O) groups is 2. The zero-order valence-corrected chi connectivity index (χ0v) is 20.6. The summed E-state index contributed by atoms with van der Waals surface area (Å²) in [6, 6.07) is 13.6. The summed E-state index contributed by atoms with van der Waals surface area (Å²) in [5, 5.41) is 0. The van der Waals surface area contributed by atoms with Gasteiger partial charge < -0.3 is 9.64 Å². The Morgan fingerprint density at radius 2 is 1.60 bits per heavy atom. The van der Waals surface area contributed by atoms with Crippen molar-refractivity contribution in [2.75, 3.05) is 26.2 Å². The van der Waals surface area contributed by atoms with Gasteiger partial charge in [-0.2, -0.15) is 4.31 Å². The quantitative estimate of drug-likeness (QED) is 0.562. The molecule has 2 fully saturated rings. The highest BCUT2D eigenvalue weighted by Gasteiger charge is 2.41. The Balaban J connectivity index is 1.53. The van der Waals surface area contributed by atoms with Gasteiger partial charge in [-0.15, -0.1) is 0 Å². The predicted octanol–water partition coefficient (Wildman–Crippen LogP) is 3.77. The van der Waals surface area contributed by atoms with Crippen LogP contribution in [0.25, 0.3) is 0 Å². The molecule has 2 unspecified atom stereocenters. The molecule has 0 radical (unpaired) electrons. The average molecular weight is 503 g/mol. The second-order valence-electron chi connectivity index (χ2n) is 9.08. The van der Waals surface area contributed by atoms with Crippen molar-refractivity contribution in [3.8, 4) is 0 Å². The summed E-state index contributed by atoms with van der Waals surface area (Å²) in [7, 11) is -3.89. The number of nitrogens with zero attached hydrogens (tertiary/aromatic N) is 2. The predicted molar refractivity (Wildman–Crippen MR) is 128 cm³/mol. The molecule has 0 bridgehead atoms. The molecule has 188 valence electrons. The molecular weight excluding hydrogens is 471 g/mol. The van der Waals surface area contributed by atoms with Gasteiger partial charge in [-0.1, -0.05) is 30.3 Å². The molecule has 0 N–H and O–H groups in total. The minimum atomic E-state index is -3.89. The number of hydrogen-bond donors (Lipinski definition) is 0. The molecule has 2 aromatic rings. The molecule has 0 aromatic heterocycles. The summed E-state index contributed by atoms with van der Waals surface area (Å²) in [4.78, 5) is 27.3. The van der Waals surface area contributed by atoms with E-state index in [1.54, 1.807) is 54.3 Å². The molecular formula is C26H31FN2O5S. The number of rotatable bonds is 6. The molecule has 2 aliphatic heterocycles. The third-order valence-corrected chi connectivity index (χ3v) is 8.81. The molecule has 35 heavy (non-hydrogen) atoms. The molecule has 4 rings (SSSR count). The van der Waals surface area contributed by atoms with Crippen molar-refractivity contribution in [3.63, 3.8) is 0 Å². The molecule has 2 atom stereocenters. The fraction of sp³-hybridized carbons (Fsp3) is 0.462. The SMILES string of the molecule is CCOC(=O)C1CCN(C(=O)C2CCC(c3ccc(F)cc3)N(S(=O)(=O)c3ccccc3)C2)CC1. The lowest BCUT2D eigenvalue weighted by Gasteiger charge is -2.41. The van der Waals surface area contributed by atoms with Gasteiger partial charge in [0.2, 0.25) is 15.9 Å². The largest absolute Gasteiger partial charge is 0.466 e. The van der Waals surface area contributed by atoms with Crippen molar-refractivity contribution < 1.29 is 27.1 Å². The van der Waals surface area contributed by atoms with Crippen molar-refractivity contribution in [2.45, 2.75) is 43.5 Å². The van der Waals surface area contributed by atoms with Gasteiger partial charge in [-0.3, -0.25) is 9.59 Å². The Morgan fingerprint density at radius 3 is 2.23 bits per heavy atom. The number of amides is 1. The molecule has 2 aliphatic rings. The zero-order chi connectivity index (χ0) is 25.0. The first-order chi connectivity index (χ1) is 16.8. The second-order valence-corrected chi connectivity index (χ2v) is 11.0. The summed E-state index contributed by atoms with van der Waals surface area (Å²) in [6.07, 6.45) is 2.07. The first-order valence-corrected chi connectivity index (χ1v) is 13.5. The van der Waals surface area contributed by atoms with Gasteiger partial charge in [0.1, 0.15) is 5.82 Å². The maximum atomic E-state index is 13.6. The van der Waals surface area contributed by atoms with E-state index >= 15 is 0 Å². The van der Waals surface area contributed by atoms with Crippen molar-refractivity contribution >= 4 is 21.9 Å². The van der Waals surface area contributed by atoms with Crippen molar-refractivity contribution in [1.82, 2.24) is 9.21 Å². The maximum Gasteiger partial charge on any atom is 0.309 e. The van der Waals surface area contributed by atoms with E-state index in [9.17, 15) is 22.4 Å². The first kappa shape index (κ1) is 25.3. The Kier molecular flexibility index (Phi) is 7.86. The number of esters is 1. The van der Waals surface area contributed by atoms with Crippen LogP contribution in [0, 0.1) is 17.7 Å². The summed E-state index contributed by atoms with van der Waals surface area (Å²) < 4.78 is 47.3. The van der Waals surface area contributed by atoms with Crippen LogP contribution in [0.4, 0.5) is 4.39 Å². The van der Waals surface area contributed by atoms with E-state index in [1.807, 2.05) is 0 Å². The van der Waals surface area contributed by atoms with Crippen LogP contribution in [0.3, 0.4) is 0 Å². The monoisotopic (exact) mass is 502 g/mol. The van der Waals surface area contributed by atoms with E-state index in [-0.39, 0.29) is 35.1 Å². The van der Waals surface area contributed by atoms with Crippen LogP contribution in [0.1, 0.15) is 44.2 Å². The number of carbonyl (C=O) groups excluding carboxylic acids is 2. The van der Waals surface area contributed by atoms with Gasteiger partial charge in [0, 0.05) is 19.6 Å². The van der Waals surface area contributed by atoms with Crippen LogP contribution < -0.4 is 0 Å². The van der Waals surface area contributed by atoms with Crippen LogP contribution in [0.5, 0.6) is 0 Å². The van der Waals surface area contributed by atoms with Crippen molar-refractivity contribution in [3.05, 3.63) is 66.0 Å². The van der Waals surface area contributed by atoms with Gasteiger partial charge in [-0.25, -0.2) is 12.8 Å². The Hall–Kier alpha value is -2.78. The molecule has 0 saturated carbocycles. The number of likely N-dealkylation sites (tertiary alicyclic amines) is 1. The maximum absolute atomic E-state index is 13.6. The third-order valence-electron chi connectivity index (χ3n) is 6.92. The van der Waals surface area contributed by atoms with Crippen LogP contribution in [-0.2, 0) is 24.3 Å². The molecule has 0 spiro atoms. The molecule has 2 saturated heterocycles. The summed E-state index contributed by atoms with van der Waals surface area (Å²) in [5.74, 6) is -1.38. The molecule has 2 heterocycles. The van der Waals surface area contributed by atoms with Gasteiger partial charge in [0.15, 0.2) is 0 Å². The number of halogens is 1. The Bertz CT molecular complexity index is 1130. The number of piperidine rings is 2. The topological polar surface area (TPSA) is 84.0 Å². The van der Waals surface area contributed by atoms with E-state index in [0.717, 1.165) is 0 Å². The third kappa shape index (κ3) is 5.56. The van der Waals surface area contributed by atoms with Crippen LogP contribution in [-0.4, -0.2) is 55.7 Å². The fourth-order valence-corrected chi connectivity index (χ4v) is 6.72. The average Bonchev–Trinajstić information content (AvgIpc) is 2.89. The highest BCUT2D eigenvalue weighted by molar-refractivity contribution is 7.89. The van der Waals surface area contributed by atoms with Crippen molar-refractivity contribution in [2.24, 2.45) is 11.8 Å². The van der Waals surface area contributed by atoms with Crippen LogP contribution >= 0.6 is 0 Å². The smallest absolute Gasteiger partial charge is 0.309 e. The zero-order valence-electron chi connectivity index (χ0n) is 19.8. The number of benzene rings is 2. The van der Waals surface area contributed by atoms with E-state index < -0.39 is 22.0 Å². The van der Waals surface area contributed by atoms with E-state index in [2.05, 4.69) is 0 Å². The summed E-state index contributed by atoms with van der Waals surface area (Å²) in [6.45, 7) is 3.06. The molecule has 2 aromatic carbocycles. The second kappa shape index (κ2) is 10.9. The van der Waals surface area contributed by atoms with Crippen LogP contribution in [0.2, 0.25) is 0 Å². The number of sulfonamides is 1. The minimum Gasteiger partial charge on any atom is -0.466 e. The van der Waals surface area contributed by atoms with E-state index in [4.69, 9.17) is 4.74 Å². The normalized spacial score (nSPS) is 22.1. The van der Waals surface area contributed by atoms with Gasteiger partial charge >= 0.3 is 5.97 Å². The van der Waals surface area contributed by atoms with E-state index in [1.165, 1.54) is 16.4 Å². The Labute approximate surface area is 205 Å². The minimum absolute atomic E-state index is 0.0515. The highest BCUT2D eigenvalue weighted by atomic mass is 32.2. The molecule has 7 nitrogen and oxygen atoms in total. The molecule has 0 aliphatic carbocycles. The fourth-order valence-electron chi connectivity index (χ4n) is 5.01. The van der Waals surface area contributed by atoms with Crippen LogP contribution in [0.15, 0.2) is 59.5 Å². The lowest BCUT2D eigenvalue weighted by molar-refractivity contribution is -0.152. The highest BCUT2D eigenvalue weighted by Crippen LogP contribution is 2.38. The number of ether oxygens (including phenoxy) is 1. The Morgan fingerprint density at radius 1 is 0.943 bits per heavy atom. The summed E-state index contributed by atoms with van der Waals surface area (Å²) in [5.41, 5.74) is 0.701. The molecule has 1 amide bonds.